The SMILES string of the molecule is CCc1cc(F)cc2[nH]c(C(=O)N3CCc4[nH]nc(C(=O)N(C)C5(COC)CC5)c4C3)cc12. The zero-order valence-corrected chi connectivity index (χ0v) is 19.1. The number of ether oxygens (including phenoxy) is 1. The molecule has 174 valence electrons. The molecule has 1 aliphatic carbocycles. The lowest BCUT2D eigenvalue weighted by atomic mass is 10.0. The van der Waals surface area contributed by atoms with E-state index in [9.17, 15) is 14.0 Å². The number of hydrogen-bond donors (Lipinski definition) is 2. The smallest absolute Gasteiger partial charge is 0.274 e. The van der Waals surface area contributed by atoms with Crippen molar-refractivity contribution in [2.75, 3.05) is 27.3 Å². The number of methoxy groups -OCH3 is 1. The Morgan fingerprint density at radius 3 is 2.79 bits per heavy atom. The molecule has 9 heteroatoms. The molecule has 1 saturated carbocycles. The summed E-state index contributed by atoms with van der Waals surface area (Å²) in [6, 6.07) is 4.71. The molecule has 2 aromatic heterocycles. The number of aromatic amines is 2. The molecule has 1 fully saturated rings. The molecule has 0 spiro atoms. The number of nitrogens with one attached hydrogen (secondary N) is 2. The van der Waals surface area contributed by atoms with Gasteiger partial charge in [-0.25, -0.2) is 4.39 Å². The van der Waals surface area contributed by atoms with Crippen LogP contribution in [0.5, 0.6) is 0 Å². The van der Waals surface area contributed by atoms with E-state index < -0.39 is 0 Å². The van der Waals surface area contributed by atoms with Crippen LogP contribution in [-0.2, 0) is 24.1 Å². The van der Waals surface area contributed by atoms with E-state index in [4.69, 9.17) is 4.74 Å². The molecule has 0 atom stereocenters. The first kappa shape index (κ1) is 21.6. The minimum absolute atomic E-state index is 0.162. The molecule has 2 amide bonds. The number of aromatic nitrogens is 3. The topological polar surface area (TPSA) is 94.3 Å². The fourth-order valence-corrected chi connectivity index (χ4v) is 4.86. The summed E-state index contributed by atoms with van der Waals surface area (Å²) in [6.45, 7) is 3.26. The zero-order chi connectivity index (χ0) is 23.3. The Labute approximate surface area is 191 Å². The number of halogens is 1. The maximum atomic E-state index is 13.9. The van der Waals surface area contributed by atoms with Crippen LogP contribution in [0.15, 0.2) is 18.2 Å². The van der Waals surface area contributed by atoms with Crippen LogP contribution in [0.2, 0.25) is 0 Å². The number of fused-ring (bicyclic) bond motifs is 2. The van der Waals surface area contributed by atoms with Crippen molar-refractivity contribution >= 4 is 22.7 Å². The summed E-state index contributed by atoms with van der Waals surface area (Å²) in [4.78, 5) is 33.1. The molecule has 0 bridgehead atoms. The molecule has 5 rings (SSSR count). The number of amides is 2. The van der Waals surface area contributed by atoms with E-state index in [1.54, 1.807) is 30.0 Å². The first-order chi connectivity index (χ1) is 15.9. The van der Waals surface area contributed by atoms with E-state index >= 15 is 0 Å². The Bertz CT molecular complexity index is 1240. The van der Waals surface area contributed by atoms with Gasteiger partial charge in [-0.2, -0.15) is 5.10 Å². The highest BCUT2D eigenvalue weighted by molar-refractivity contribution is 5.99. The van der Waals surface area contributed by atoms with Crippen LogP contribution >= 0.6 is 0 Å². The van der Waals surface area contributed by atoms with Gasteiger partial charge in [0.15, 0.2) is 5.69 Å². The lowest BCUT2D eigenvalue weighted by Gasteiger charge is -2.29. The quantitative estimate of drug-likeness (QED) is 0.600. The van der Waals surface area contributed by atoms with Gasteiger partial charge in [0.1, 0.15) is 11.5 Å². The minimum Gasteiger partial charge on any atom is -0.382 e. The van der Waals surface area contributed by atoms with Gasteiger partial charge in [-0.3, -0.25) is 14.7 Å². The van der Waals surface area contributed by atoms with E-state index in [2.05, 4.69) is 15.2 Å². The molecule has 0 saturated heterocycles. The van der Waals surface area contributed by atoms with E-state index in [0.29, 0.717) is 49.4 Å². The summed E-state index contributed by atoms with van der Waals surface area (Å²) in [5.41, 5.74) is 3.63. The van der Waals surface area contributed by atoms with Gasteiger partial charge < -0.3 is 19.5 Å². The van der Waals surface area contributed by atoms with Crippen molar-refractivity contribution in [3.8, 4) is 0 Å². The van der Waals surface area contributed by atoms with Gasteiger partial charge in [0.25, 0.3) is 11.8 Å². The molecular formula is C24H28FN5O3. The third kappa shape index (κ3) is 3.60. The Kier molecular flexibility index (Phi) is 5.23. The van der Waals surface area contributed by atoms with Crippen LogP contribution in [0.4, 0.5) is 4.39 Å². The monoisotopic (exact) mass is 453 g/mol. The number of carbonyl (C=O) groups excluding carboxylic acids is 2. The molecule has 1 aliphatic heterocycles. The molecule has 0 radical (unpaired) electrons. The molecule has 2 aliphatic rings. The molecule has 2 N–H and O–H groups in total. The second kappa shape index (κ2) is 7.98. The molecule has 0 unspecified atom stereocenters. The number of benzene rings is 1. The van der Waals surface area contributed by atoms with Crippen molar-refractivity contribution in [1.29, 1.82) is 0 Å². The summed E-state index contributed by atoms with van der Waals surface area (Å²) >= 11 is 0. The van der Waals surface area contributed by atoms with Gasteiger partial charge in [0, 0.05) is 49.3 Å². The van der Waals surface area contributed by atoms with Crippen molar-refractivity contribution < 1.29 is 18.7 Å². The standard InChI is InChI=1S/C24H28FN5O3/c1-4-14-9-15(25)10-19-16(14)11-20(26-19)22(31)30-8-5-18-17(12-30)21(28-27-18)23(32)29(2)24(6-7-24)13-33-3/h9-11,26H,4-8,12-13H2,1-3H3,(H,27,28). The first-order valence-electron chi connectivity index (χ1n) is 11.3. The van der Waals surface area contributed by atoms with Crippen LogP contribution < -0.4 is 0 Å². The third-order valence-corrected chi connectivity index (χ3v) is 7.08. The minimum atomic E-state index is -0.324. The Hall–Kier alpha value is -3.20. The van der Waals surface area contributed by atoms with Gasteiger partial charge >= 0.3 is 0 Å². The second-order valence-electron chi connectivity index (χ2n) is 9.09. The number of carbonyl (C=O) groups is 2. The lowest BCUT2D eigenvalue weighted by Crippen LogP contribution is -2.43. The van der Waals surface area contributed by atoms with Crippen LogP contribution in [0.3, 0.4) is 0 Å². The van der Waals surface area contributed by atoms with E-state index in [-0.39, 0.29) is 23.2 Å². The van der Waals surface area contributed by atoms with Crippen molar-refractivity contribution in [1.82, 2.24) is 25.0 Å². The number of nitrogens with zero attached hydrogens (tertiary/aromatic N) is 3. The van der Waals surface area contributed by atoms with Crippen molar-refractivity contribution in [3.63, 3.8) is 0 Å². The Balaban J connectivity index is 1.39. The van der Waals surface area contributed by atoms with Gasteiger partial charge in [-0.15, -0.1) is 0 Å². The summed E-state index contributed by atoms with van der Waals surface area (Å²) in [6.07, 6.45) is 3.07. The Morgan fingerprint density at radius 1 is 1.30 bits per heavy atom. The third-order valence-electron chi connectivity index (χ3n) is 7.08. The fraction of sp³-hybridized carbons (Fsp3) is 0.458. The lowest BCUT2D eigenvalue weighted by molar-refractivity contribution is 0.0541. The summed E-state index contributed by atoms with van der Waals surface area (Å²) < 4.78 is 19.2. The first-order valence-corrected chi connectivity index (χ1v) is 11.3. The second-order valence-corrected chi connectivity index (χ2v) is 9.09. The maximum absolute atomic E-state index is 13.9. The highest BCUT2D eigenvalue weighted by Crippen LogP contribution is 2.42. The van der Waals surface area contributed by atoms with Crippen LogP contribution in [0.1, 0.15) is 57.6 Å². The van der Waals surface area contributed by atoms with E-state index in [1.807, 2.05) is 6.92 Å². The van der Waals surface area contributed by atoms with Crippen LogP contribution in [0.25, 0.3) is 10.9 Å². The highest BCUT2D eigenvalue weighted by atomic mass is 19.1. The van der Waals surface area contributed by atoms with Crippen molar-refractivity contribution in [3.05, 3.63) is 52.2 Å². The van der Waals surface area contributed by atoms with Crippen LogP contribution in [-0.4, -0.2) is 69.6 Å². The van der Waals surface area contributed by atoms with E-state index in [1.165, 1.54) is 12.1 Å². The Morgan fingerprint density at radius 2 is 2.09 bits per heavy atom. The molecular weight excluding hydrogens is 425 g/mol. The summed E-state index contributed by atoms with van der Waals surface area (Å²) in [5, 5.41) is 8.16. The largest absolute Gasteiger partial charge is 0.382 e. The molecule has 8 nitrogen and oxygen atoms in total. The van der Waals surface area contributed by atoms with Gasteiger partial charge in [0.05, 0.1) is 18.7 Å². The number of rotatable bonds is 6. The molecule has 33 heavy (non-hydrogen) atoms. The molecule has 3 heterocycles. The highest BCUT2D eigenvalue weighted by Gasteiger charge is 2.49. The zero-order valence-electron chi connectivity index (χ0n) is 19.1. The number of likely N-dealkylation sites (N-methyl/N-ethyl adjacent to an activating group) is 1. The van der Waals surface area contributed by atoms with Crippen molar-refractivity contribution in [2.45, 2.75) is 44.7 Å². The predicted octanol–water partition coefficient (Wildman–Crippen LogP) is 3.04. The van der Waals surface area contributed by atoms with Crippen LogP contribution in [0, 0.1) is 5.82 Å². The number of aryl methyl sites for hydroxylation is 1. The summed E-state index contributed by atoms with van der Waals surface area (Å²) in [7, 11) is 3.43. The normalized spacial score (nSPS) is 16.7. The molecule has 1 aromatic carbocycles. The molecule has 3 aromatic rings. The number of hydrogen-bond acceptors (Lipinski definition) is 4. The average Bonchev–Trinajstić information content (AvgIpc) is 3.28. The summed E-state index contributed by atoms with van der Waals surface area (Å²) in [5.74, 6) is -0.661. The van der Waals surface area contributed by atoms with Gasteiger partial charge in [0.2, 0.25) is 0 Å². The number of H-pyrrole nitrogens is 2. The van der Waals surface area contributed by atoms with Gasteiger partial charge in [-0.1, -0.05) is 6.92 Å². The fourth-order valence-electron chi connectivity index (χ4n) is 4.86. The van der Waals surface area contributed by atoms with Crippen molar-refractivity contribution in [2.24, 2.45) is 0 Å². The average molecular weight is 454 g/mol. The predicted molar refractivity (Wildman–Crippen MR) is 121 cm³/mol. The van der Waals surface area contributed by atoms with E-state index in [0.717, 1.165) is 35.0 Å². The van der Waals surface area contributed by atoms with Gasteiger partial charge in [-0.05, 0) is 43.0 Å². The maximum Gasteiger partial charge on any atom is 0.274 e.